The molecule has 0 aliphatic carbocycles. The molecule has 2 rings (SSSR count). The van der Waals surface area contributed by atoms with Gasteiger partial charge in [0, 0.05) is 12.0 Å². The molecule has 0 N–H and O–H groups in total. The number of esters is 1. The summed E-state index contributed by atoms with van der Waals surface area (Å²) in [6.07, 6.45) is 1.01. The van der Waals surface area contributed by atoms with E-state index in [4.69, 9.17) is 14.2 Å². The van der Waals surface area contributed by atoms with Crippen LogP contribution in [0.3, 0.4) is 0 Å². The van der Waals surface area contributed by atoms with Crippen LogP contribution in [0.1, 0.15) is 31.4 Å². The third-order valence-electron chi connectivity index (χ3n) is 3.25. The number of aryl methyl sites for hydroxylation is 1. The molecular weight excluding hydrogens is 244 g/mol. The van der Waals surface area contributed by atoms with E-state index in [9.17, 15) is 4.79 Å². The quantitative estimate of drug-likeness (QED) is 0.766. The minimum atomic E-state index is -0.689. The molecule has 1 aromatic carbocycles. The maximum Gasteiger partial charge on any atom is 0.306 e. The molecule has 104 valence electrons. The molecule has 1 fully saturated rings. The van der Waals surface area contributed by atoms with Crippen molar-refractivity contribution in [2.24, 2.45) is 0 Å². The number of benzene rings is 1. The molecule has 0 amide bonds. The Labute approximate surface area is 113 Å². The normalized spacial score (nSPS) is 17.4. The maximum absolute atomic E-state index is 11.4. The second kappa shape index (κ2) is 6.17. The second-order valence-electron chi connectivity index (χ2n) is 4.60. The monoisotopic (exact) mass is 264 g/mol. The lowest BCUT2D eigenvalue weighted by molar-refractivity contribution is -0.150. The van der Waals surface area contributed by atoms with Crippen molar-refractivity contribution < 1.29 is 19.0 Å². The number of carbonyl (C=O) groups excluding carboxylic acids is 1. The largest absolute Gasteiger partial charge is 0.466 e. The highest BCUT2D eigenvalue weighted by atomic mass is 16.7. The lowest BCUT2D eigenvalue weighted by atomic mass is 9.97. The topological polar surface area (TPSA) is 44.8 Å². The van der Waals surface area contributed by atoms with E-state index >= 15 is 0 Å². The van der Waals surface area contributed by atoms with Crippen molar-refractivity contribution in [1.82, 2.24) is 0 Å². The summed E-state index contributed by atoms with van der Waals surface area (Å²) >= 11 is 0. The molecule has 19 heavy (non-hydrogen) atoms. The van der Waals surface area contributed by atoms with Crippen LogP contribution < -0.4 is 0 Å². The highest BCUT2D eigenvalue weighted by molar-refractivity contribution is 5.69. The van der Waals surface area contributed by atoms with Crippen molar-refractivity contribution in [2.45, 2.75) is 32.5 Å². The molecule has 0 atom stereocenters. The molecule has 4 nitrogen and oxygen atoms in total. The molecule has 0 aromatic heterocycles. The van der Waals surface area contributed by atoms with Gasteiger partial charge in [-0.15, -0.1) is 0 Å². The van der Waals surface area contributed by atoms with Gasteiger partial charge < -0.3 is 14.2 Å². The van der Waals surface area contributed by atoms with Crippen molar-refractivity contribution in [2.75, 3.05) is 19.8 Å². The molecule has 0 saturated carbocycles. The van der Waals surface area contributed by atoms with Crippen LogP contribution in [0.4, 0.5) is 0 Å². The van der Waals surface area contributed by atoms with Gasteiger partial charge in [-0.05, 0) is 25.8 Å². The third kappa shape index (κ3) is 3.33. The van der Waals surface area contributed by atoms with Crippen LogP contribution in [0.5, 0.6) is 0 Å². The van der Waals surface area contributed by atoms with Crippen LogP contribution >= 0.6 is 0 Å². The second-order valence-corrected chi connectivity index (χ2v) is 4.60. The highest BCUT2D eigenvalue weighted by Crippen LogP contribution is 2.33. The van der Waals surface area contributed by atoms with Crippen molar-refractivity contribution in [3.05, 3.63) is 35.4 Å². The van der Waals surface area contributed by atoms with Gasteiger partial charge in [-0.3, -0.25) is 4.79 Å². The summed E-state index contributed by atoms with van der Waals surface area (Å²) in [7, 11) is 0. The fraction of sp³-hybridized carbons (Fsp3) is 0.533. The number of carbonyl (C=O) groups is 1. The Hall–Kier alpha value is -1.39. The summed E-state index contributed by atoms with van der Waals surface area (Å²) in [4.78, 5) is 11.4. The molecule has 1 aliphatic rings. The Morgan fingerprint density at radius 1 is 1.32 bits per heavy atom. The fourth-order valence-electron chi connectivity index (χ4n) is 2.32. The molecule has 1 saturated heterocycles. The minimum Gasteiger partial charge on any atom is -0.466 e. The van der Waals surface area contributed by atoms with Crippen molar-refractivity contribution in [3.63, 3.8) is 0 Å². The number of hydrogen-bond donors (Lipinski definition) is 0. The number of ether oxygens (including phenoxy) is 3. The lowest BCUT2D eigenvalue weighted by Crippen LogP contribution is -2.24. The van der Waals surface area contributed by atoms with Gasteiger partial charge in [0.25, 0.3) is 0 Å². The summed E-state index contributed by atoms with van der Waals surface area (Å²) in [5.74, 6) is -0.860. The van der Waals surface area contributed by atoms with Gasteiger partial charge in [0.2, 0.25) is 0 Å². The SMILES string of the molecule is CCOC(=O)CCc1ccccc1C1(C)OCCO1. The molecule has 1 aromatic rings. The molecule has 1 aliphatic heterocycles. The summed E-state index contributed by atoms with van der Waals surface area (Å²) in [5.41, 5.74) is 2.07. The first-order valence-electron chi connectivity index (χ1n) is 6.67. The lowest BCUT2D eigenvalue weighted by Gasteiger charge is -2.25. The molecule has 1 heterocycles. The van der Waals surface area contributed by atoms with Gasteiger partial charge >= 0.3 is 5.97 Å². The number of hydrogen-bond acceptors (Lipinski definition) is 4. The van der Waals surface area contributed by atoms with Gasteiger partial charge in [-0.2, -0.15) is 0 Å². The minimum absolute atomic E-state index is 0.171. The van der Waals surface area contributed by atoms with E-state index in [1.807, 2.05) is 38.1 Å². The Morgan fingerprint density at radius 3 is 2.68 bits per heavy atom. The van der Waals surface area contributed by atoms with Gasteiger partial charge in [0.1, 0.15) is 0 Å². The van der Waals surface area contributed by atoms with Crippen molar-refractivity contribution in [3.8, 4) is 0 Å². The summed E-state index contributed by atoms with van der Waals surface area (Å²) in [5, 5.41) is 0. The Balaban J connectivity index is 2.10. The third-order valence-corrected chi connectivity index (χ3v) is 3.25. The molecule has 4 heteroatoms. The molecule has 0 spiro atoms. The summed E-state index contributed by atoms with van der Waals surface area (Å²) < 4.78 is 16.3. The van der Waals surface area contributed by atoms with E-state index in [0.29, 0.717) is 32.7 Å². The predicted molar refractivity (Wildman–Crippen MR) is 70.7 cm³/mol. The Kier molecular flexibility index (Phi) is 4.56. The zero-order valence-electron chi connectivity index (χ0n) is 11.5. The fourth-order valence-corrected chi connectivity index (χ4v) is 2.32. The van der Waals surface area contributed by atoms with Crippen LogP contribution in [0, 0.1) is 0 Å². The Bertz CT molecular complexity index is 436. The first kappa shape index (κ1) is 14.0. The predicted octanol–water partition coefficient (Wildman–Crippen LogP) is 2.40. The molecular formula is C15H20O4. The van der Waals surface area contributed by atoms with Crippen LogP contribution in [-0.2, 0) is 31.2 Å². The Morgan fingerprint density at radius 2 is 2.00 bits per heavy atom. The van der Waals surface area contributed by atoms with E-state index in [1.165, 1.54) is 0 Å². The van der Waals surface area contributed by atoms with E-state index in [2.05, 4.69) is 0 Å². The van der Waals surface area contributed by atoms with Crippen LogP contribution in [0.15, 0.2) is 24.3 Å². The van der Waals surface area contributed by atoms with Gasteiger partial charge in [-0.25, -0.2) is 0 Å². The van der Waals surface area contributed by atoms with E-state index in [0.717, 1.165) is 11.1 Å². The number of rotatable bonds is 5. The average Bonchev–Trinajstić information content (AvgIpc) is 2.85. The van der Waals surface area contributed by atoms with Gasteiger partial charge in [0.15, 0.2) is 5.79 Å². The van der Waals surface area contributed by atoms with Crippen LogP contribution in [0.25, 0.3) is 0 Å². The van der Waals surface area contributed by atoms with Crippen LogP contribution in [-0.4, -0.2) is 25.8 Å². The molecule has 0 bridgehead atoms. The standard InChI is InChI=1S/C15H20O4/c1-3-17-14(16)9-8-12-6-4-5-7-13(12)15(2)18-10-11-19-15/h4-7H,3,8-11H2,1-2H3. The van der Waals surface area contributed by atoms with E-state index in [-0.39, 0.29) is 5.97 Å². The van der Waals surface area contributed by atoms with Gasteiger partial charge in [0.05, 0.1) is 19.8 Å². The molecule has 0 unspecified atom stereocenters. The first-order valence-corrected chi connectivity index (χ1v) is 6.67. The summed E-state index contributed by atoms with van der Waals surface area (Å²) in [6, 6.07) is 7.92. The first-order chi connectivity index (χ1) is 9.15. The zero-order valence-corrected chi connectivity index (χ0v) is 11.5. The summed E-state index contributed by atoms with van der Waals surface area (Å²) in [6.45, 7) is 5.35. The highest BCUT2D eigenvalue weighted by Gasteiger charge is 2.34. The average molecular weight is 264 g/mol. The smallest absolute Gasteiger partial charge is 0.306 e. The maximum atomic E-state index is 11.4. The zero-order chi connectivity index (χ0) is 13.7. The van der Waals surface area contributed by atoms with Crippen molar-refractivity contribution in [1.29, 1.82) is 0 Å². The van der Waals surface area contributed by atoms with E-state index < -0.39 is 5.79 Å². The molecule has 0 radical (unpaired) electrons. The van der Waals surface area contributed by atoms with E-state index in [1.54, 1.807) is 0 Å². The van der Waals surface area contributed by atoms with Crippen molar-refractivity contribution >= 4 is 5.97 Å². The van der Waals surface area contributed by atoms with Gasteiger partial charge in [-0.1, -0.05) is 24.3 Å². The van der Waals surface area contributed by atoms with Crippen LogP contribution in [0.2, 0.25) is 0 Å².